The summed E-state index contributed by atoms with van der Waals surface area (Å²) >= 11 is 0. The number of hydrogen-bond donors (Lipinski definition) is 6. The van der Waals surface area contributed by atoms with Gasteiger partial charge in [0.1, 0.15) is 24.4 Å². The van der Waals surface area contributed by atoms with Crippen molar-refractivity contribution in [2.75, 3.05) is 13.2 Å². The lowest BCUT2D eigenvalue weighted by atomic mass is 9.99. The number of aliphatic hydroxyl groups is 5. The Hall–Kier alpha value is -2.90. The predicted octanol–water partition coefficient (Wildman–Crippen LogP) is 16.0. The maximum atomic E-state index is 13.4. The van der Waals surface area contributed by atoms with Gasteiger partial charge in [-0.25, -0.2) is 0 Å². The Morgan fingerprint density at radius 1 is 0.506 bits per heavy atom. The summed E-state index contributed by atoms with van der Waals surface area (Å²) < 4.78 is 17.6. The second kappa shape index (κ2) is 55.6. The zero-order valence-corrected chi connectivity index (χ0v) is 50.7. The number of nitrogens with one attached hydrogen (secondary N) is 1. The van der Waals surface area contributed by atoms with Crippen LogP contribution in [-0.2, 0) is 23.8 Å². The van der Waals surface area contributed by atoms with E-state index in [1.54, 1.807) is 6.08 Å². The number of rotatable bonds is 55. The predicted molar refractivity (Wildman–Crippen MR) is 329 cm³/mol. The van der Waals surface area contributed by atoms with Crippen molar-refractivity contribution in [1.29, 1.82) is 0 Å². The van der Waals surface area contributed by atoms with Gasteiger partial charge in [-0.05, 0) is 70.6 Å². The third-order valence-electron chi connectivity index (χ3n) is 15.1. The first kappa shape index (κ1) is 74.1. The molecule has 1 rings (SSSR count). The van der Waals surface area contributed by atoms with Gasteiger partial charge in [0.05, 0.1) is 25.4 Å². The van der Waals surface area contributed by atoms with Crippen LogP contribution in [-0.4, -0.2) is 99.6 Å². The first-order valence-electron chi connectivity index (χ1n) is 32.7. The van der Waals surface area contributed by atoms with E-state index in [2.05, 4.69) is 86.8 Å². The van der Waals surface area contributed by atoms with Crippen molar-refractivity contribution in [3.8, 4) is 0 Å². The highest BCUT2D eigenvalue weighted by Crippen LogP contribution is 2.26. The molecule has 0 spiro atoms. The SMILES string of the molecule is CC/C=C\C/C=C\C/C=C\C/C=C\C/C=C\CCCCCCCCCCCC(=O)OC1C(OCC(NC(=O)C(O)CCCCCCCCCCCCCCCC)C(O)/C=C/CCCCCCCCCCC)OC(CO)C(O)C1O. The van der Waals surface area contributed by atoms with Gasteiger partial charge in [0.2, 0.25) is 5.91 Å². The molecule has 0 aromatic heterocycles. The summed E-state index contributed by atoms with van der Waals surface area (Å²) in [5.41, 5.74) is 0. The molecule has 0 aromatic carbocycles. The van der Waals surface area contributed by atoms with Crippen molar-refractivity contribution in [2.45, 2.75) is 333 Å². The number of esters is 1. The van der Waals surface area contributed by atoms with Gasteiger partial charge in [-0.2, -0.15) is 0 Å². The highest BCUT2D eigenvalue weighted by atomic mass is 16.7. The van der Waals surface area contributed by atoms with Gasteiger partial charge in [-0.3, -0.25) is 9.59 Å². The van der Waals surface area contributed by atoms with Crippen LogP contribution in [0.3, 0.4) is 0 Å². The minimum absolute atomic E-state index is 0.115. The average Bonchev–Trinajstić information content (AvgIpc) is 3.47. The van der Waals surface area contributed by atoms with E-state index in [1.165, 1.54) is 135 Å². The van der Waals surface area contributed by atoms with Crippen LogP contribution < -0.4 is 5.32 Å². The smallest absolute Gasteiger partial charge is 0.306 e. The zero-order valence-electron chi connectivity index (χ0n) is 50.7. The maximum Gasteiger partial charge on any atom is 0.306 e. The summed E-state index contributed by atoms with van der Waals surface area (Å²) in [6, 6.07) is -1.02. The van der Waals surface area contributed by atoms with Crippen LogP contribution in [0, 0.1) is 0 Å². The van der Waals surface area contributed by atoms with Crippen LogP contribution in [0.15, 0.2) is 72.9 Å². The molecule has 0 radical (unpaired) electrons. The summed E-state index contributed by atoms with van der Waals surface area (Å²) in [6.07, 6.45) is 60.8. The van der Waals surface area contributed by atoms with Crippen LogP contribution in [0.2, 0.25) is 0 Å². The van der Waals surface area contributed by atoms with Crippen molar-refractivity contribution in [2.24, 2.45) is 0 Å². The Kier molecular flexibility index (Phi) is 52.2. The molecule has 0 aromatic rings. The number of allylic oxidation sites excluding steroid dienone is 11. The average molecular weight is 1110 g/mol. The fraction of sp³-hybridized carbons (Fsp3) is 0.794. The molecule has 458 valence electrons. The number of amides is 1. The fourth-order valence-corrected chi connectivity index (χ4v) is 9.97. The van der Waals surface area contributed by atoms with Crippen molar-refractivity contribution < 1.29 is 49.3 Å². The molecule has 0 aliphatic carbocycles. The molecule has 8 atom stereocenters. The Morgan fingerprint density at radius 2 is 0.911 bits per heavy atom. The quantitative estimate of drug-likeness (QED) is 0.0195. The molecule has 1 saturated heterocycles. The van der Waals surface area contributed by atoms with Gasteiger partial charge in [0, 0.05) is 6.42 Å². The number of aliphatic hydroxyl groups excluding tert-OH is 5. The Balaban J connectivity index is 2.59. The van der Waals surface area contributed by atoms with E-state index in [9.17, 15) is 35.1 Å². The van der Waals surface area contributed by atoms with E-state index in [4.69, 9.17) is 14.2 Å². The standard InChI is InChI=1S/C68H121NO10/c1-4-7-10-13-16-19-22-24-26-27-28-29-30-31-32-33-34-35-36-38-41-44-47-50-53-56-63(73)79-66-65(75)64(74)62(57-70)78-68(66)77-58-59(60(71)54-51-48-45-42-39-21-18-15-12-9-6-3)69-67(76)61(72)55-52-49-46-43-40-37-25-23-20-17-14-11-8-5-2/h7,10,16,19,24,26,28-29,31-32,51,54,59-62,64-66,68,70-72,74-75H,4-6,8-9,11-15,17-18,20-23,25,27,30,33-50,52-53,55-58H2,1-3H3,(H,69,76)/b10-7-,19-16-,26-24-,29-28-,32-31-,54-51+. The van der Waals surface area contributed by atoms with E-state index in [1.807, 2.05) is 6.08 Å². The molecule has 79 heavy (non-hydrogen) atoms. The number of ether oxygens (including phenoxy) is 3. The molecular weight excluding hydrogens is 991 g/mol. The van der Waals surface area contributed by atoms with Gasteiger partial charge >= 0.3 is 5.97 Å². The van der Waals surface area contributed by atoms with E-state index in [0.717, 1.165) is 103 Å². The monoisotopic (exact) mass is 1110 g/mol. The molecule has 11 heteroatoms. The van der Waals surface area contributed by atoms with Gasteiger partial charge in [0.15, 0.2) is 12.4 Å². The van der Waals surface area contributed by atoms with Gasteiger partial charge in [0.25, 0.3) is 0 Å². The third kappa shape index (κ3) is 43.5. The van der Waals surface area contributed by atoms with Crippen molar-refractivity contribution >= 4 is 11.9 Å². The maximum absolute atomic E-state index is 13.4. The molecule has 1 heterocycles. The highest BCUT2D eigenvalue weighted by molar-refractivity contribution is 5.80. The normalized spacial score (nSPS) is 19.3. The van der Waals surface area contributed by atoms with E-state index in [-0.39, 0.29) is 13.0 Å². The van der Waals surface area contributed by atoms with Crippen LogP contribution in [0.5, 0.6) is 0 Å². The zero-order chi connectivity index (χ0) is 57.5. The molecular formula is C68H121NO10. The largest absolute Gasteiger partial charge is 0.454 e. The molecule has 0 bridgehead atoms. The summed E-state index contributed by atoms with van der Waals surface area (Å²) in [5.74, 6) is -1.20. The van der Waals surface area contributed by atoms with Crippen LogP contribution in [0.4, 0.5) is 0 Å². The first-order chi connectivity index (χ1) is 38.7. The number of carbonyl (C=O) groups is 2. The molecule has 6 N–H and O–H groups in total. The molecule has 8 unspecified atom stereocenters. The van der Waals surface area contributed by atoms with Crippen LogP contribution in [0.25, 0.3) is 0 Å². The molecule has 1 aliphatic heterocycles. The second-order valence-corrected chi connectivity index (χ2v) is 22.5. The molecule has 1 fully saturated rings. The molecule has 11 nitrogen and oxygen atoms in total. The van der Waals surface area contributed by atoms with Crippen LogP contribution in [0.1, 0.15) is 284 Å². The highest BCUT2D eigenvalue weighted by Gasteiger charge is 2.47. The van der Waals surface area contributed by atoms with Crippen molar-refractivity contribution in [3.05, 3.63) is 72.9 Å². The summed E-state index contributed by atoms with van der Waals surface area (Å²) in [6.45, 7) is 5.68. The minimum Gasteiger partial charge on any atom is -0.454 e. The molecule has 1 amide bonds. The van der Waals surface area contributed by atoms with Crippen molar-refractivity contribution in [3.63, 3.8) is 0 Å². The lowest BCUT2D eigenvalue weighted by Crippen LogP contribution is -2.61. The van der Waals surface area contributed by atoms with Gasteiger partial charge in [-0.1, -0.05) is 280 Å². The second-order valence-electron chi connectivity index (χ2n) is 22.5. The molecule has 1 aliphatic rings. The fourth-order valence-electron chi connectivity index (χ4n) is 9.97. The van der Waals surface area contributed by atoms with Crippen molar-refractivity contribution in [1.82, 2.24) is 5.32 Å². The summed E-state index contributed by atoms with van der Waals surface area (Å²) in [4.78, 5) is 26.6. The number of unbranched alkanes of at least 4 members (excludes halogenated alkanes) is 31. The number of carbonyl (C=O) groups excluding carboxylic acids is 2. The topological polar surface area (TPSA) is 175 Å². The minimum atomic E-state index is -1.62. The van der Waals surface area contributed by atoms with E-state index in [0.29, 0.717) is 19.3 Å². The number of hydrogen-bond acceptors (Lipinski definition) is 10. The Morgan fingerprint density at radius 3 is 1.37 bits per heavy atom. The Bertz CT molecular complexity index is 1560. The van der Waals surface area contributed by atoms with Crippen LogP contribution >= 0.6 is 0 Å². The lowest BCUT2D eigenvalue weighted by molar-refractivity contribution is -0.305. The van der Waals surface area contributed by atoms with E-state index >= 15 is 0 Å². The summed E-state index contributed by atoms with van der Waals surface area (Å²) in [7, 11) is 0. The lowest BCUT2D eigenvalue weighted by Gasteiger charge is -2.41. The molecule has 0 saturated carbocycles. The Labute approximate surface area is 483 Å². The van der Waals surface area contributed by atoms with E-state index < -0.39 is 67.4 Å². The summed E-state index contributed by atoms with van der Waals surface area (Å²) in [5, 5.41) is 57.0. The van der Waals surface area contributed by atoms with Gasteiger partial charge in [-0.15, -0.1) is 0 Å². The van der Waals surface area contributed by atoms with Gasteiger partial charge < -0.3 is 45.1 Å². The third-order valence-corrected chi connectivity index (χ3v) is 15.1. The first-order valence-corrected chi connectivity index (χ1v) is 32.7.